The number of nitrogen functional groups attached to an aromatic ring is 1. The Balaban J connectivity index is 1.18. The van der Waals surface area contributed by atoms with Gasteiger partial charge in [-0.15, -0.1) is 0 Å². The van der Waals surface area contributed by atoms with E-state index in [4.69, 9.17) is 15.2 Å². The van der Waals surface area contributed by atoms with Gasteiger partial charge in [-0.1, -0.05) is 24.3 Å². The summed E-state index contributed by atoms with van der Waals surface area (Å²) in [4.78, 5) is 78.0. The lowest BCUT2D eigenvalue weighted by atomic mass is 10.2. The van der Waals surface area contributed by atoms with Crippen molar-refractivity contribution in [2.45, 2.75) is 13.8 Å². The number of benzene rings is 4. The summed E-state index contributed by atoms with van der Waals surface area (Å²) in [6, 6.07) is 22.6. The van der Waals surface area contributed by atoms with Crippen LogP contribution in [0.1, 0.15) is 13.8 Å². The highest BCUT2D eigenvalue weighted by Gasteiger charge is 2.19. The normalized spacial score (nSPS) is 11.3. The minimum atomic E-state index is -0.793. The smallest absolute Gasteiger partial charge is 0.323 e. The van der Waals surface area contributed by atoms with E-state index in [0.29, 0.717) is 51.7 Å². The molecule has 5 rings (SSSR count). The van der Waals surface area contributed by atoms with Gasteiger partial charge in [-0.05, 0) is 60.7 Å². The fourth-order valence-corrected chi connectivity index (χ4v) is 4.81. The van der Waals surface area contributed by atoms with Crippen LogP contribution >= 0.6 is 0 Å². The molecule has 3 amide bonds. The summed E-state index contributed by atoms with van der Waals surface area (Å²) >= 11 is 0. The van der Waals surface area contributed by atoms with Gasteiger partial charge in [0.1, 0.15) is 24.7 Å². The number of hydrazone groups is 2. The first kappa shape index (κ1) is 37.5. The molecule has 0 saturated carbocycles. The van der Waals surface area contributed by atoms with Crippen LogP contribution in [0.3, 0.4) is 0 Å². The monoisotopic (exact) mass is 734 g/mol. The molecule has 18 heteroatoms. The van der Waals surface area contributed by atoms with E-state index in [-0.39, 0.29) is 24.6 Å². The lowest BCUT2D eigenvalue weighted by Crippen LogP contribution is -2.29. The number of imidazole rings is 1. The van der Waals surface area contributed by atoms with Gasteiger partial charge in [0.15, 0.2) is 23.0 Å². The number of nitrogens with one attached hydrogen (secondary N) is 7. The second-order valence-corrected chi connectivity index (χ2v) is 11.3. The Labute approximate surface area is 306 Å². The Morgan fingerprint density at radius 2 is 1.19 bits per heavy atom. The van der Waals surface area contributed by atoms with E-state index in [1.54, 1.807) is 66.7 Å². The van der Waals surface area contributed by atoms with Crippen molar-refractivity contribution in [2.75, 3.05) is 45.7 Å². The minimum Gasteiger partial charge on any atom is -0.488 e. The zero-order valence-electron chi connectivity index (χ0n) is 28.8. The average Bonchev–Trinajstić information content (AvgIpc) is 3.51. The van der Waals surface area contributed by atoms with Crippen LogP contribution in [0.15, 0.2) is 99.9 Å². The van der Waals surface area contributed by atoms with Crippen LogP contribution in [0.4, 0.5) is 34.1 Å². The van der Waals surface area contributed by atoms with Gasteiger partial charge in [0.2, 0.25) is 6.41 Å². The maximum Gasteiger partial charge on any atom is 0.323 e. The van der Waals surface area contributed by atoms with Crippen LogP contribution in [0.25, 0.3) is 11.0 Å². The number of carbonyl (C=O) groups excluding carboxylic acids is 5. The summed E-state index contributed by atoms with van der Waals surface area (Å²) in [5.74, 6) is -2.08. The number of H-pyrrole nitrogens is 2. The maximum absolute atomic E-state index is 12.9. The minimum absolute atomic E-state index is 0.0499. The third-order valence-corrected chi connectivity index (χ3v) is 7.34. The molecule has 0 atom stereocenters. The molecule has 9 N–H and O–H groups in total. The first-order valence-electron chi connectivity index (χ1n) is 16.1. The van der Waals surface area contributed by atoms with E-state index in [1.165, 1.54) is 32.0 Å². The van der Waals surface area contributed by atoms with Crippen molar-refractivity contribution in [1.29, 1.82) is 0 Å². The number of ketones is 2. The number of amides is 3. The van der Waals surface area contributed by atoms with E-state index in [1.807, 2.05) is 0 Å². The molecular formula is C36H34N10O8. The van der Waals surface area contributed by atoms with E-state index in [2.05, 4.69) is 47.0 Å². The van der Waals surface area contributed by atoms with E-state index >= 15 is 0 Å². The molecule has 0 unspecified atom stereocenters. The molecule has 0 aliphatic carbocycles. The standard InChI is InChI=1S/C36H34N10O8/c1-20(48)32(34(50)39-22-11-13-25(38-19-47)24(37)17-22)45-43-27-7-3-5-9-30(27)53-15-16-54-31-10-6-4-8-28(31)44-46-33(21(2)49)35(51)40-23-12-14-26-29(18-23)42-36(52)41-26/h3-14,17-19,43-44H,15-16,37H2,1-2H3,(H,38,47)(H,39,50)(H,40,51)(H2,41,42,52)/b45-32-,46-33-. The number of nitrogens with two attached hydrogens (primary N) is 1. The van der Waals surface area contributed by atoms with Crippen LogP contribution in [0, 0.1) is 0 Å². The van der Waals surface area contributed by atoms with Crippen molar-refractivity contribution in [2.24, 2.45) is 10.2 Å². The number of hydrogen-bond acceptors (Lipinski definition) is 13. The second kappa shape index (κ2) is 17.4. The lowest BCUT2D eigenvalue weighted by molar-refractivity contribution is -0.116. The number of Topliss-reactive ketones (excluding diaryl/α,β-unsaturated/α-hetero) is 2. The number of carbonyl (C=O) groups is 5. The van der Waals surface area contributed by atoms with Gasteiger partial charge >= 0.3 is 5.69 Å². The fourth-order valence-electron chi connectivity index (χ4n) is 4.81. The molecule has 1 aromatic heterocycles. The SMILES string of the molecule is CC(=O)/C(=N/Nc1ccccc1OCCOc1ccccc1N/N=C(/C(C)=O)C(=O)Nc1ccc2[nH]c(=O)[nH]c2c1)C(=O)Nc1ccc(NC=O)c(N)c1. The van der Waals surface area contributed by atoms with E-state index in [9.17, 15) is 28.8 Å². The zero-order chi connectivity index (χ0) is 38.6. The van der Waals surface area contributed by atoms with Crippen molar-refractivity contribution in [3.8, 4) is 11.5 Å². The van der Waals surface area contributed by atoms with Gasteiger partial charge < -0.3 is 41.1 Å². The molecule has 1 heterocycles. The summed E-state index contributed by atoms with van der Waals surface area (Å²) in [6.07, 6.45) is 0.470. The van der Waals surface area contributed by atoms with Crippen molar-refractivity contribution in [3.05, 3.63) is 95.4 Å². The number of rotatable bonds is 17. The third kappa shape index (κ3) is 9.72. The topological polar surface area (TPSA) is 263 Å². The number of para-hydroxylation sites is 4. The van der Waals surface area contributed by atoms with Crippen LogP contribution < -0.4 is 47.7 Å². The first-order valence-corrected chi connectivity index (χ1v) is 16.1. The van der Waals surface area contributed by atoms with E-state index in [0.717, 1.165) is 0 Å². The third-order valence-electron chi connectivity index (χ3n) is 7.34. The summed E-state index contributed by atoms with van der Waals surface area (Å²) < 4.78 is 11.8. The molecule has 0 saturated heterocycles. The highest BCUT2D eigenvalue weighted by atomic mass is 16.5. The first-order chi connectivity index (χ1) is 26.0. The second-order valence-electron chi connectivity index (χ2n) is 11.3. The number of anilines is 6. The number of hydrogen-bond donors (Lipinski definition) is 8. The number of fused-ring (bicyclic) bond motifs is 1. The number of nitrogens with zero attached hydrogens (tertiary/aromatic N) is 2. The van der Waals surface area contributed by atoms with E-state index < -0.39 is 40.5 Å². The quantitative estimate of drug-likeness (QED) is 0.0171. The van der Waals surface area contributed by atoms with Gasteiger partial charge in [-0.2, -0.15) is 10.2 Å². The van der Waals surface area contributed by atoms with Crippen LogP contribution in [-0.4, -0.2) is 64.4 Å². The highest BCUT2D eigenvalue weighted by molar-refractivity contribution is 6.67. The summed E-state index contributed by atoms with van der Waals surface area (Å²) in [6.45, 7) is 2.49. The molecule has 0 fully saturated rings. The molecule has 0 spiro atoms. The van der Waals surface area contributed by atoms with Crippen LogP contribution in [0.5, 0.6) is 11.5 Å². The zero-order valence-corrected chi connectivity index (χ0v) is 28.8. The van der Waals surface area contributed by atoms with Crippen molar-refractivity contribution >= 4 is 86.4 Å². The Morgan fingerprint density at radius 1 is 0.685 bits per heavy atom. The average molecular weight is 735 g/mol. The van der Waals surface area contributed by atoms with Crippen molar-refractivity contribution in [3.63, 3.8) is 0 Å². The predicted molar refractivity (Wildman–Crippen MR) is 204 cm³/mol. The molecule has 276 valence electrons. The van der Waals surface area contributed by atoms with Gasteiger partial charge in [0, 0.05) is 25.2 Å². The molecule has 0 bridgehead atoms. The molecule has 18 nitrogen and oxygen atoms in total. The van der Waals surface area contributed by atoms with Crippen LogP contribution in [0.2, 0.25) is 0 Å². The highest BCUT2D eigenvalue weighted by Crippen LogP contribution is 2.26. The summed E-state index contributed by atoms with van der Waals surface area (Å²) in [5, 5.41) is 15.6. The van der Waals surface area contributed by atoms with Crippen molar-refractivity contribution in [1.82, 2.24) is 9.97 Å². The predicted octanol–water partition coefficient (Wildman–Crippen LogP) is 3.46. The Hall–Kier alpha value is -7.76. The Morgan fingerprint density at radius 3 is 1.70 bits per heavy atom. The van der Waals surface area contributed by atoms with Crippen molar-refractivity contribution < 1.29 is 33.4 Å². The van der Waals surface area contributed by atoms with Gasteiger partial charge in [0.05, 0.1) is 33.8 Å². The fraction of sp³-hybridized carbons (Fsp3) is 0.111. The number of aromatic nitrogens is 2. The molecule has 0 radical (unpaired) electrons. The Kier molecular flexibility index (Phi) is 12.1. The molecule has 5 aromatic rings. The number of ether oxygens (including phenoxy) is 2. The largest absolute Gasteiger partial charge is 0.488 e. The molecule has 0 aliphatic rings. The summed E-state index contributed by atoms with van der Waals surface area (Å²) in [5.41, 5.74) is 13.0. The maximum atomic E-state index is 12.9. The summed E-state index contributed by atoms with van der Waals surface area (Å²) in [7, 11) is 0. The molecule has 4 aromatic carbocycles. The number of aromatic amines is 2. The van der Waals surface area contributed by atoms with Gasteiger partial charge in [-0.3, -0.25) is 34.8 Å². The van der Waals surface area contributed by atoms with Crippen LogP contribution in [-0.2, 0) is 24.0 Å². The Bertz CT molecular complexity index is 2350. The molecular weight excluding hydrogens is 700 g/mol. The van der Waals surface area contributed by atoms with Gasteiger partial charge in [-0.25, -0.2) is 4.79 Å². The van der Waals surface area contributed by atoms with Gasteiger partial charge in [0.25, 0.3) is 11.8 Å². The molecule has 54 heavy (non-hydrogen) atoms. The molecule has 0 aliphatic heterocycles. The lowest BCUT2D eigenvalue weighted by Gasteiger charge is -2.14.